The lowest BCUT2D eigenvalue weighted by molar-refractivity contribution is -0.384. The Morgan fingerprint density at radius 1 is 1.38 bits per heavy atom. The van der Waals surface area contributed by atoms with Crippen molar-refractivity contribution in [1.29, 1.82) is 0 Å². The van der Waals surface area contributed by atoms with Crippen molar-refractivity contribution in [2.45, 2.75) is 6.54 Å². The van der Waals surface area contributed by atoms with Gasteiger partial charge in [-0.05, 0) is 28.1 Å². The van der Waals surface area contributed by atoms with Crippen molar-refractivity contribution in [3.05, 3.63) is 57.1 Å². The minimum Gasteiger partial charge on any atom is -0.357 e. The number of fused-ring (bicyclic) bond motifs is 1. The minimum absolute atomic E-state index is 0.0989. The van der Waals surface area contributed by atoms with E-state index in [1.165, 1.54) is 12.3 Å². The Kier molecular flexibility index (Phi) is 3.48. The Morgan fingerprint density at radius 3 is 3.05 bits per heavy atom. The summed E-state index contributed by atoms with van der Waals surface area (Å²) in [6.45, 7) is 0.278. The third-order valence-corrected chi connectivity index (χ3v) is 3.26. The van der Waals surface area contributed by atoms with Crippen LogP contribution in [0.1, 0.15) is 5.82 Å². The van der Waals surface area contributed by atoms with E-state index >= 15 is 0 Å². The van der Waals surface area contributed by atoms with Crippen LogP contribution in [0.2, 0.25) is 0 Å². The van der Waals surface area contributed by atoms with Gasteiger partial charge in [0.1, 0.15) is 0 Å². The zero-order chi connectivity index (χ0) is 14.8. The number of aromatic nitrogens is 4. The van der Waals surface area contributed by atoms with Gasteiger partial charge in [-0.3, -0.25) is 14.5 Å². The molecule has 0 radical (unpaired) electrons. The lowest BCUT2D eigenvalue weighted by Crippen LogP contribution is -2.07. The molecule has 8 nitrogen and oxygen atoms in total. The van der Waals surface area contributed by atoms with E-state index in [2.05, 4.69) is 36.4 Å². The molecule has 3 heterocycles. The van der Waals surface area contributed by atoms with E-state index in [-0.39, 0.29) is 18.1 Å². The maximum atomic E-state index is 11.0. The molecule has 0 fully saturated rings. The molecule has 3 aromatic heterocycles. The molecule has 0 unspecified atom stereocenters. The van der Waals surface area contributed by atoms with Gasteiger partial charge in [-0.25, -0.2) is 4.98 Å². The maximum Gasteiger partial charge on any atom is 0.312 e. The lowest BCUT2D eigenvalue weighted by atomic mass is 10.4. The van der Waals surface area contributed by atoms with E-state index in [0.717, 1.165) is 0 Å². The van der Waals surface area contributed by atoms with Crippen molar-refractivity contribution >= 4 is 33.1 Å². The highest BCUT2D eigenvalue weighted by Gasteiger charge is 2.16. The highest BCUT2D eigenvalue weighted by Crippen LogP contribution is 2.25. The van der Waals surface area contributed by atoms with Crippen molar-refractivity contribution in [3.63, 3.8) is 0 Å². The number of nitrogens with one attached hydrogen (secondary N) is 1. The van der Waals surface area contributed by atoms with Crippen LogP contribution in [0.25, 0.3) is 5.65 Å². The Bertz CT molecular complexity index is 818. The van der Waals surface area contributed by atoms with Crippen LogP contribution in [0.3, 0.4) is 0 Å². The van der Waals surface area contributed by atoms with Gasteiger partial charge in [0, 0.05) is 22.9 Å². The minimum atomic E-state index is -0.484. The standard InChI is InChI=1S/C12H9BrN6O2/c13-8-5-9(19(20)21)12(14-6-8)15-7-11-17-16-10-3-1-2-4-18(10)11/h1-6H,7H2,(H,14,15). The van der Waals surface area contributed by atoms with E-state index in [1.54, 1.807) is 4.40 Å². The molecular formula is C12H9BrN6O2. The second-order valence-electron chi connectivity index (χ2n) is 4.18. The van der Waals surface area contributed by atoms with Crippen molar-refractivity contribution in [3.8, 4) is 0 Å². The number of nitro groups is 1. The van der Waals surface area contributed by atoms with Crippen LogP contribution in [0, 0.1) is 10.1 Å². The summed E-state index contributed by atoms with van der Waals surface area (Å²) in [4.78, 5) is 14.6. The van der Waals surface area contributed by atoms with Gasteiger partial charge < -0.3 is 5.32 Å². The molecule has 0 aliphatic carbocycles. The van der Waals surface area contributed by atoms with Crippen LogP contribution >= 0.6 is 15.9 Å². The number of hydrogen-bond acceptors (Lipinski definition) is 6. The molecular weight excluding hydrogens is 340 g/mol. The first-order chi connectivity index (χ1) is 10.1. The van der Waals surface area contributed by atoms with Crippen molar-refractivity contribution in [2.75, 3.05) is 5.32 Å². The van der Waals surface area contributed by atoms with Gasteiger partial charge in [-0.2, -0.15) is 0 Å². The predicted octanol–water partition coefficient (Wildman–Crippen LogP) is 2.41. The van der Waals surface area contributed by atoms with Gasteiger partial charge in [0.05, 0.1) is 11.5 Å². The molecule has 9 heteroatoms. The van der Waals surface area contributed by atoms with Gasteiger partial charge in [0.15, 0.2) is 11.5 Å². The first-order valence-corrected chi connectivity index (χ1v) is 6.77. The van der Waals surface area contributed by atoms with Gasteiger partial charge in [-0.15, -0.1) is 10.2 Å². The van der Waals surface area contributed by atoms with Crippen LogP contribution in [-0.4, -0.2) is 24.5 Å². The maximum absolute atomic E-state index is 11.0. The second-order valence-corrected chi connectivity index (χ2v) is 5.09. The fourth-order valence-corrected chi connectivity index (χ4v) is 2.20. The van der Waals surface area contributed by atoms with E-state index in [9.17, 15) is 10.1 Å². The molecule has 1 N–H and O–H groups in total. The van der Waals surface area contributed by atoms with Crippen LogP contribution < -0.4 is 5.32 Å². The monoisotopic (exact) mass is 348 g/mol. The molecule has 21 heavy (non-hydrogen) atoms. The predicted molar refractivity (Wildman–Crippen MR) is 78.9 cm³/mol. The Hall–Kier alpha value is -2.55. The molecule has 0 aromatic carbocycles. The van der Waals surface area contributed by atoms with Crippen LogP contribution in [-0.2, 0) is 6.54 Å². The number of hydrogen-bond donors (Lipinski definition) is 1. The summed E-state index contributed by atoms with van der Waals surface area (Å²) in [5.41, 5.74) is 0.616. The topological polar surface area (TPSA) is 98.2 Å². The van der Waals surface area contributed by atoms with E-state index < -0.39 is 4.92 Å². The van der Waals surface area contributed by atoms with Crippen LogP contribution in [0.15, 0.2) is 41.1 Å². The fraction of sp³-hybridized carbons (Fsp3) is 0.0833. The third-order valence-electron chi connectivity index (χ3n) is 2.83. The van der Waals surface area contributed by atoms with Crippen molar-refractivity contribution in [2.24, 2.45) is 0 Å². The molecule has 0 bridgehead atoms. The van der Waals surface area contributed by atoms with Crippen LogP contribution in [0.5, 0.6) is 0 Å². The molecule has 0 spiro atoms. The molecule has 3 aromatic rings. The number of nitrogens with zero attached hydrogens (tertiary/aromatic N) is 5. The molecule has 0 saturated heterocycles. The first-order valence-electron chi connectivity index (χ1n) is 5.97. The average Bonchev–Trinajstić information content (AvgIpc) is 2.89. The molecule has 106 valence electrons. The average molecular weight is 349 g/mol. The van der Waals surface area contributed by atoms with Crippen molar-refractivity contribution in [1.82, 2.24) is 19.6 Å². The van der Waals surface area contributed by atoms with E-state index in [0.29, 0.717) is 15.9 Å². The molecule has 0 amide bonds. The number of anilines is 1. The quantitative estimate of drug-likeness (QED) is 0.574. The van der Waals surface area contributed by atoms with Crippen LogP contribution in [0.4, 0.5) is 11.5 Å². The summed E-state index contributed by atoms with van der Waals surface area (Å²) in [6.07, 6.45) is 3.33. The van der Waals surface area contributed by atoms with Crippen molar-refractivity contribution < 1.29 is 4.92 Å². The number of rotatable bonds is 4. The smallest absolute Gasteiger partial charge is 0.312 e. The highest BCUT2D eigenvalue weighted by molar-refractivity contribution is 9.10. The fourth-order valence-electron chi connectivity index (χ4n) is 1.88. The summed E-state index contributed by atoms with van der Waals surface area (Å²) >= 11 is 3.17. The Balaban J connectivity index is 1.87. The SMILES string of the molecule is O=[N+]([O-])c1cc(Br)cnc1NCc1nnc2ccccn12. The van der Waals surface area contributed by atoms with Gasteiger partial charge in [0.25, 0.3) is 0 Å². The van der Waals surface area contributed by atoms with Gasteiger partial charge >= 0.3 is 5.69 Å². The van der Waals surface area contributed by atoms with Gasteiger partial charge in [0.2, 0.25) is 5.82 Å². The van der Waals surface area contributed by atoms with E-state index in [4.69, 9.17) is 0 Å². The first kappa shape index (κ1) is 13.4. The Morgan fingerprint density at radius 2 is 2.24 bits per heavy atom. The third kappa shape index (κ3) is 2.68. The normalized spacial score (nSPS) is 10.7. The number of halogens is 1. The highest BCUT2D eigenvalue weighted by atomic mass is 79.9. The largest absolute Gasteiger partial charge is 0.357 e. The zero-order valence-corrected chi connectivity index (χ0v) is 12.2. The van der Waals surface area contributed by atoms with E-state index in [1.807, 2.05) is 24.4 Å². The summed E-state index contributed by atoms with van der Waals surface area (Å²) in [5, 5.41) is 22.0. The zero-order valence-electron chi connectivity index (χ0n) is 10.6. The molecule has 3 rings (SSSR count). The van der Waals surface area contributed by atoms with Gasteiger partial charge in [-0.1, -0.05) is 6.07 Å². The molecule has 0 saturated carbocycles. The second kappa shape index (κ2) is 5.44. The summed E-state index contributed by atoms with van der Waals surface area (Å²) < 4.78 is 2.35. The molecule has 0 atom stereocenters. The molecule has 0 aliphatic heterocycles. The summed E-state index contributed by atoms with van der Waals surface area (Å²) in [6, 6.07) is 6.95. The summed E-state index contributed by atoms with van der Waals surface area (Å²) in [5.74, 6) is 0.834. The Labute approximate surface area is 127 Å². The lowest BCUT2D eigenvalue weighted by Gasteiger charge is -2.05. The summed E-state index contributed by atoms with van der Waals surface area (Å²) in [7, 11) is 0. The molecule has 0 aliphatic rings. The number of pyridine rings is 2.